The van der Waals surface area contributed by atoms with E-state index in [2.05, 4.69) is 9.47 Å². The Morgan fingerprint density at radius 2 is 1.90 bits per heavy atom. The Hall–Kier alpha value is -0.360. The largest absolute Gasteiger partial charge is 0.383 e. The monoisotopic (exact) mass is 162 g/mol. The molecule has 0 rings (SSSR count). The van der Waals surface area contributed by atoms with Crippen LogP contribution in [0.5, 0.6) is 0 Å². The quantitative estimate of drug-likeness (QED) is 0.582. The summed E-state index contributed by atoms with van der Waals surface area (Å²) in [7, 11) is 0.961. The summed E-state index contributed by atoms with van der Waals surface area (Å²) in [4.78, 5) is 0. The summed E-state index contributed by atoms with van der Waals surface area (Å²) in [6.07, 6.45) is -3.90. The average molecular weight is 162 g/mol. The molecule has 0 heterocycles. The van der Waals surface area contributed by atoms with Gasteiger partial charge in [-0.25, -0.2) is 0 Å². The molecule has 0 spiro atoms. The molecule has 0 fully saturated rings. The maximum atomic E-state index is 11.8. The highest BCUT2D eigenvalue weighted by Gasteiger charge is 2.33. The Morgan fingerprint density at radius 3 is 2.20 bits per heavy atom. The Morgan fingerprint density at radius 1 is 1.40 bits per heavy atom. The molecule has 0 aliphatic carbocycles. The third kappa shape index (κ3) is 4.51. The van der Waals surface area contributed by atoms with Gasteiger partial charge in [0.1, 0.15) is 6.61 Å². The van der Waals surface area contributed by atoms with Crippen molar-refractivity contribution in [3.05, 3.63) is 0 Å². The molecule has 0 aromatic rings. The molecule has 0 N–H and O–H groups in total. The van der Waals surface area contributed by atoms with Crippen LogP contribution in [0.1, 0.15) is 0 Å². The molecular formula is C4H6F4O2. The molecule has 0 bridgehead atoms. The van der Waals surface area contributed by atoms with Crippen LogP contribution in [0.3, 0.4) is 0 Å². The number of hydrogen-bond acceptors (Lipinski definition) is 2. The van der Waals surface area contributed by atoms with Gasteiger partial charge in [0.15, 0.2) is 0 Å². The third-order valence-corrected chi connectivity index (χ3v) is 0.574. The average Bonchev–Trinajstić information content (AvgIpc) is 1.59. The van der Waals surface area contributed by atoms with Crippen LogP contribution < -0.4 is 0 Å². The molecule has 2 nitrogen and oxygen atoms in total. The Kier molecular flexibility index (Phi) is 3.59. The molecule has 0 atom stereocenters. The van der Waals surface area contributed by atoms with Crippen LogP contribution in [0.2, 0.25) is 0 Å². The molecule has 0 aromatic carbocycles. The fourth-order valence-electron chi connectivity index (χ4n) is 0.332. The highest BCUT2D eigenvalue weighted by Crippen LogP contribution is 2.18. The second-order valence-electron chi connectivity index (χ2n) is 1.45. The molecule has 62 valence electrons. The van der Waals surface area contributed by atoms with Crippen molar-refractivity contribution in [2.24, 2.45) is 0 Å². The van der Waals surface area contributed by atoms with Crippen molar-refractivity contribution in [2.75, 3.05) is 13.7 Å². The van der Waals surface area contributed by atoms with Gasteiger partial charge in [0, 0.05) is 7.11 Å². The predicted molar refractivity (Wildman–Crippen MR) is 23.9 cm³/mol. The minimum absolute atomic E-state index is 0.961. The zero-order chi connectivity index (χ0) is 8.20. The van der Waals surface area contributed by atoms with Crippen molar-refractivity contribution in [1.82, 2.24) is 0 Å². The predicted octanol–water partition coefficient (Wildman–Crippen LogP) is 1.46. The maximum absolute atomic E-state index is 11.8. The molecule has 10 heavy (non-hydrogen) atoms. The molecule has 0 radical (unpaired) electrons. The van der Waals surface area contributed by atoms with Gasteiger partial charge in [-0.3, -0.25) is 4.74 Å². The van der Waals surface area contributed by atoms with Crippen molar-refractivity contribution in [2.45, 2.75) is 12.7 Å². The van der Waals surface area contributed by atoms with Gasteiger partial charge in [0.05, 0.1) is 0 Å². The molecule has 0 aromatic heterocycles. The van der Waals surface area contributed by atoms with E-state index in [1.807, 2.05) is 0 Å². The van der Waals surface area contributed by atoms with Crippen LogP contribution in [0.4, 0.5) is 17.6 Å². The van der Waals surface area contributed by atoms with Crippen molar-refractivity contribution >= 4 is 0 Å². The summed E-state index contributed by atoms with van der Waals surface area (Å²) in [6, 6.07) is 0. The number of ether oxygens (including phenoxy) is 2. The van der Waals surface area contributed by atoms with Crippen LogP contribution >= 0.6 is 0 Å². The van der Waals surface area contributed by atoms with E-state index in [4.69, 9.17) is 0 Å². The Balaban J connectivity index is 3.63. The number of alkyl halides is 4. The lowest BCUT2D eigenvalue weighted by Gasteiger charge is -2.13. The summed E-state index contributed by atoms with van der Waals surface area (Å²) < 4.78 is 52.7. The van der Waals surface area contributed by atoms with E-state index in [9.17, 15) is 17.6 Å². The highest BCUT2D eigenvalue weighted by molar-refractivity contribution is 4.47. The Labute approximate surface area is 54.7 Å². The van der Waals surface area contributed by atoms with E-state index in [0.29, 0.717) is 0 Å². The van der Waals surface area contributed by atoms with Gasteiger partial charge in [0.25, 0.3) is 0 Å². The van der Waals surface area contributed by atoms with Crippen molar-refractivity contribution in [1.29, 1.82) is 0 Å². The lowest BCUT2D eigenvalue weighted by molar-refractivity contribution is -0.331. The molecular weight excluding hydrogens is 156 g/mol. The molecule has 0 saturated carbocycles. The van der Waals surface area contributed by atoms with Crippen LogP contribution in [-0.2, 0) is 9.47 Å². The molecule has 0 aliphatic rings. The topological polar surface area (TPSA) is 18.5 Å². The van der Waals surface area contributed by atoms with E-state index in [-0.39, 0.29) is 0 Å². The van der Waals surface area contributed by atoms with Crippen molar-refractivity contribution in [3.8, 4) is 0 Å². The van der Waals surface area contributed by atoms with Gasteiger partial charge in [-0.05, 0) is 0 Å². The number of halogens is 4. The normalized spacial score (nSPS) is 12.6. The van der Waals surface area contributed by atoms with Crippen LogP contribution in [-0.4, -0.2) is 26.4 Å². The number of rotatable bonds is 4. The second-order valence-corrected chi connectivity index (χ2v) is 1.45. The summed E-state index contributed by atoms with van der Waals surface area (Å²) in [5, 5.41) is 0. The highest BCUT2D eigenvalue weighted by atomic mass is 19.3. The number of methoxy groups -OCH3 is 1. The molecule has 0 unspecified atom stereocenters. The van der Waals surface area contributed by atoms with Gasteiger partial charge in [-0.1, -0.05) is 0 Å². The van der Waals surface area contributed by atoms with Crippen LogP contribution in [0, 0.1) is 0 Å². The smallest absolute Gasteiger partial charge is 0.376 e. The Bertz CT molecular complexity index is 95.3. The lowest BCUT2D eigenvalue weighted by Crippen LogP contribution is -2.28. The van der Waals surface area contributed by atoms with E-state index in [0.717, 1.165) is 7.11 Å². The van der Waals surface area contributed by atoms with E-state index in [1.165, 1.54) is 0 Å². The summed E-state index contributed by atoms with van der Waals surface area (Å²) >= 11 is 0. The third-order valence-electron chi connectivity index (χ3n) is 0.574. The van der Waals surface area contributed by atoms with Gasteiger partial charge in [-0.2, -0.15) is 17.6 Å². The lowest BCUT2D eigenvalue weighted by atomic mass is 10.7. The zero-order valence-corrected chi connectivity index (χ0v) is 5.11. The van der Waals surface area contributed by atoms with Gasteiger partial charge < -0.3 is 4.74 Å². The van der Waals surface area contributed by atoms with Gasteiger partial charge in [-0.15, -0.1) is 0 Å². The summed E-state index contributed by atoms with van der Waals surface area (Å²) in [5.74, 6) is 0. The summed E-state index contributed by atoms with van der Waals surface area (Å²) in [5.41, 5.74) is 0. The maximum Gasteiger partial charge on any atom is 0.383 e. The second kappa shape index (κ2) is 3.72. The molecule has 6 heteroatoms. The first kappa shape index (κ1) is 9.64. The molecule has 0 saturated heterocycles. The molecule has 0 aliphatic heterocycles. The minimum atomic E-state index is -3.90. The van der Waals surface area contributed by atoms with Gasteiger partial charge >= 0.3 is 12.7 Å². The van der Waals surface area contributed by atoms with E-state index >= 15 is 0 Å². The van der Waals surface area contributed by atoms with Crippen molar-refractivity contribution < 1.29 is 27.0 Å². The fourth-order valence-corrected chi connectivity index (χ4v) is 0.332. The molecule has 0 amide bonds. The zero-order valence-electron chi connectivity index (χ0n) is 5.11. The van der Waals surface area contributed by atoms with E-state index < -0.39 is 19.3 Å². The van der Waals surface area contributed by atoms with Crippen molar-refractivity contribution in [3.63, 3.8) is 0 Å². The van der Waals surface area contributed by atoms with E-state index in [1.54, 1.807) is 0 Å². The summed E-state index contributed by atoms with van der Waals surface area (Å²) in [6.45, 7) is -4.65. The SMILES string of the molecule is COCC(F)(F)OC(F)F. The first-order valence-electron chi connectivity index (χ1n) is 2.30. The van der Waals surface area contributed by atoms with Gasteiger partial charge in [0.2, 0.25) is 0 Å². The first-order chi connectivity index (χ1) is 4.48. The number of hydrogen-bond donors (Lipinski definition) is 0. The minimum Gasteiger partial charge on any atom is -0.376 e. The van der Waals surface area contributed by atoms with Crippen LogP contribution in [0.25, 0.3) is 0 Å². The fraction of sp³-hybridized carbons (Fsp3) is 1.00. The van der Waals surface area contributed by atoms with Crippen LogP contribution in [0.15, 0.2) is 0 Å². The first-order valence-corrected chi connectivity index (χ1v) is 2.30. The standard InChI is InChI=1S/C4H6F4O2/c1-9-2-4(7,8)10-3(5)6/h3H,2H2,1H3.